The Bertz CT molecular complexity index is 1460. The zero-order valence-corrected chi connectivity index (χ0v) is 18.7. The molecule has 5 rings (SSSR count). The fourth-order valence-corrected chi connectivity index (χ4v) is 4.83. The molecule has 0 fully saturated rings. The van der Waals surface area contributed by atoms with Crippen LogP contribution >= 0.6 is 11.6 Å². The summed E-state index contributed by atoms with van der Waals surface area (Å²) in [5, 5.41) is 6.85. The van der Waals surface area contributed by atoms with E-state index in [-0.39, 0.29) is 16.9 Å². The van der Waals surface area contributed by atoms with E-state index < -0.39 is 11.8 Å². The van der Waals surface area contributed by atoms with Gasteiger partial charge in [-0.15, -0.1) is 0 Å². The Morgan fingerprint density at radius 2 is 1.82 bits per heavy atom. The molecule has 1 aromatic heterocycles. The standard InChI is InChI=1S/C25H22ClFN4O2/c1-29-8-3-2-5-12-9-18-15(10-16(12)27)20-19(30-18)11-14(13-6-4-7-17(28)23(13)26)21-22(20)25(33)31-24(21)32/h4,6-7,9-11,29-30H,2-3,5,8,28H2,1H3,(H,31,32,33). The fraction of sp³-hybridized carbons (Fsp3) is 0.200. The van der Waals surface area contributed by atoms with Gasteiger partial charge in [-0.05, 0) is 68.2 Å². The molecule has 5 N–H and O–H groups in total. The third-order valence-corrected chi connectivity index (χ3v) is 6.60. The Morgan fingerprint density at radius 3 is 2.61 bits per heavy atom. The number of nitrogens with one attached hydrogen (secondary N) is 3. The van der Waals surface area contributed by atoms with Gasteiger partial charge in [-0.2, -0.15) is 0 Å². The monoisotopic (exact) mass is 464 g/mol. The smallest absolute Gasteiger partial charge is 0.259 e. The van der Waals surface area contributed by atoms with E-state index >= 15 is 0 Å². The molecule has 0 radical (unpaired) electrons. The molecule has 1 aliphatic heterocycles. The lowest BCUT2D eigenvalue weighted by Gasteiger charge is -2.11. The van der Waals surface area contributed by atoms with Crippen molar-refractivity contribution in [2.24, 2.45) is 0 Å². The predicted molar refractivity (Wildman–Crippen MR) is 129 cm³/mol. The lowest BCUT2D eigenvalue weighted by molar-refractivity contribution is 0.0880. The van der Waals surface area contributed by atoms with Crippen molar-refractivity contribution >= 4 is 50.9 Å². The van der Waals surface area contributed by atoms with Crippen molar-refractivity contribution in [1.29, 1.82) is 0 Å². The Morgan fingerprint density at radius 1 is 1.03 bits per heavy atom. The molecule has 0 saturated carbocycles. The van der Waals surface area contributed by atoms with Gasteiger partial charge in [0.2, 0.25) is 0 Å². The zero-order chi connectivity index (χ0) is 23.3. The summed E-state index contributed by atoms with van der Waals surface area (Å²) < 4.78 is 15.0. The molecule has 0 bridgehead atoms. The number of hydrogen-bond donors (Lipinski definition) is 4. The van der Waals surface area contributed by atoms with Crippen LogP contribution in [0.3, 0.4) is 0 Å². The van der Waals surface area contributed by atoms with Crippen LogP contribution in [0.25, 0.3) is 32.9 Å². The van der Waals surface area contributed by atoms with Crippen LogP contribution in [0, 0.1) is 5.82 Å². The van der Waals surface area contributed by atoms with E-state index in [1.807, 2.05) is 7.05 Å². The molecule has 6 nitrogen and oxygen atoms in total. The molecule has 1 aliphatic rings. The number of anilines is 1. The molecule has 2 heterocycles. The Balaban J connectivity index is 1.75. The van der Waals surface area contributed by atoms with Crippen LogP contribution in [-0.2, 0) is 6.42 Å². The van der Waals surface area contributed by atoms with E-state index in [0.717, 1.165) is 19.4 Å². The third-order valence-electron chi connectivity index (χ3n) is 6.18. The highest BCUT2D eigenvalue weighted by molar-refractivity contribution is 6.37. The van der Waals surface area contributed by atoms with Crippen molar-refractivity contribution in [2.45, 2.75) is 19.3 Å². The van der Waals surface area contributed by atoms with Gasteiger partial charge >= 0.3 is 0 Å². The maximum atomic E-state index is 15.0. The van der Waals surface area contributed by atoms with Crippen molar-refractivity contribution < 1.29 is 14.0 Å². The first kappa shape index (κ1) is 21.4. The summed E-state index contributed by atoms with van der Waals surface area (Å²) in [6.45, 7) is 0.876. The topological polar surface area (TPSA) is 100 Å². The number of imide groups is 1. The lowest BCUT2D eigenvalue weighted by atomic mass is 9.92. The average Bonchev–Trinajstić information content (AvgIpc) is 3.28. The average molecular weight is 465 g/mol. The number of rotatable bonds is 6. The van der Waals surface area contributed by atoms with Gasteiger partial charge < -0.3 is 16.0 Å². The first-order chi connectivity index (χ1) is 15.9. The molecule has 8 heteroatoms. The number of fused-ring (bicyclic) bond motifs is 5. The van der Waals surface area contributed by atoms with Gasteiger partial charge in [0.05, 0.1) is 21.8 Å². The molecule has 4 aromatic rings. The number of aromatic amines is 1. The van der Waals surface area contributed by atoms with Crippen molar-refractivity contribution in [3.8, 4) is 11.1 Å². The molecule has 0 unspecified atom stereocenters. The highest BCUT2D eigenvalue weighted by atomic mass is 35.5. The molecule has 0 aliphatic carbocycles. The number of amides is 2. The number of aromatic nitrogens is 1. The molecular formula is C25H22ClFN4O2. The lowest BCUT2D eigenvalue weighted by Crippen LogP contribution is -2.20. The minimum absolute atomic E-state index is 0.220. The van der Waals surface area contributed by atoms with Crippen molar-refractivity contribution in [3.05, 3.63) is 63.9 Å². The Hall–Kier alpha value is -3.42. The summed E-state index contributed by atoms with van der Waals surface area (Å²) in [6, 6.07) is 10.2. The third kappa shape index (κ3) is 3.44. The van der Waals surface area contributed by atoms with E-state index in [1.165, 1.54) is 6.07 Å². The number of carbonyl (C=O) groups is 2. The molecule has 168 valence electrons. The predicted octanol–water partition coefficient (Wildman–Crippen LogP) is 4.79. The van der Waals surface area contributed by atoms with Crippen LogP contribution < -0.4 is 16.4 Å². The van der Waals surface area contributed by atoms with Crippen LogP contribution in [0.2, 0.25) is 5.02 Å². The second kappa shape index (κ2) is 8.17. The second-order valence-corrected chi connectivity index (χ2v) is 8.64. The summed E-state index contributed by atoms with van der Waals surface area (Å²) in [5.41, 5.74) is 9.78. The van der Waals surface area contributed by atoms with Gasteiger partial charge in [0.25, 0.3) is 11.8 Å². The maximum Gasteiger partial charge on any atom is 0.259 e. The van der Waals surface area contributed by atoms with Gasteiger partial charge in [-0.3, -0.25) is 14.9 Å². The molecule has 33 heavy (non-hydrogen) atoms. The van der Waals surface area contributed by atoms with Gasteiger partial charge in [0.15, 0.2) is 0 Å². The van der Waals surface area contributed by atoms with E-state index in [2.05, 4.69) is 15.6 Å². The quantitative estimate of drug-likeness (QED) is 0.187. The number of nitrogen functional groups attached to an aromatic ring is 1. The van der Waals surface area contributed by atoms with Crippen molar-refractivity contribution in [1.82, 2.24) is 15.6 Å². The molecule has 3 aromatic carbocycles. The number of unbranched alkanes of at least 4 members (excludes halogenated alkanes) is 1. The van der Waals surface area contributed by atoms with Crippen LogP contribution in [0.4, 0.5) is 10.1 Å². The van der Waals surface area contributed by atoms with Crippen molar-refractivity contribution in [2.75, 3.05) is 19.3 Å². The number of hydrogen-bond acceptors (Lipinski definition) is 4. The number of halogens is 2. The van der Waals surface area contributed by atoms with Gasteiger partial charge in [0.1, 0.15) is 5.82 Å². The summed E-state index contributed by atoms with van der Waals surface area (Å²) in [4.78, 5) is 28.9. The van der Waals surface area contributed by atoms with Gasteiger partial charge in [-0.25, -0.2) is 4.39 Å². The van der Waals surface area contributed by atoms with Crippen LogP contribution in [0.15, 0.2) is 36.4 Å². The van der Waals surface area contributed by atoms with E-state index in [0.29, 0.717) is 55.6 Å². The number of benzene rings is 3. The minimum Gasteiger partial charge on any atom is -0.398 e. The molecular weight excluding hydrogens is 443 g/mol. The maximum absolute atomic E-state index is 15.0. The minimum atomic E-state index is -0.515. The molecule has 0 atom stereocenters. The molecule has 2 amide bonds. The highest BCUT2D eigenvalue weighted by Crippen LogP contribution is 2.42. The largest absolute Gasteiger partial charge is 0.398 e. The summed E-state index contributed by atoms with van der Waals surface area (Å²) in [6.07, 6.45) is 2.41. The number of nitrogens with two attached hydrogens (primary N) is 1. The molecule has 0 spiro atoms. The first-order valence-electron chi connectivity index (χ1n) is 10.8. The van der Waals surface area contributed by atoms with E-state index in [4.69, 9.17) is 17.3 Å². The van der Waals surface area contributed by atoms with Crippen molar-refractivity contribution in [3.63, 3.8) is 0 Å². The Kier molecular flexibility index (Phi) is 5.31. The fourth-order valence-electron chi connectivity index (χ4n) is 4.60. The number of aryl methyl sites for hydroxylation is 1. The summed E-state index contributed by atoms with van der Waals surface area (Å²) in [5.74, 6) is -1.35. The Labute approximate surface area is 194 Å². The second-order valence-electron chi connectivity index (χ2n) is 8.26. The van der Waals surface area contributed by atoms with Crippen LogP contribution in [0.1, 0.15) is 39.1 Å². The van der Waals surface area contributed by atoms with Gasteiger partial charge in [0, 0.05) is 27.4 Å². The normalized spacial score (nSPS) is 13.2. The SMILES string of the molecule is CNCCCCc1cc2[nH]c3cc(-c4cccc(N)c4Cl)c4c(c3c2cc1F)C(=O)NC4=O. The summed E-state index contributed by atoms with van der Waals surface area (Å²) in [7, 11) is 1.89. The molecule has 0 saturated heterocycles. The number of H-pyrrole nitrogens is 1. The van der Waals surface area contributed by atoms with Crippen LogP contribution in [0.5, 0.6) is 0 Å². The van der Waals surface area contributed by atoms with Crippen LogP contribution in [-0.4, -0.2) is 30.4 Å². The van der Waals surface area contributed by atoms with E-state index in [1.54, 1.807) is 30.3 Å². The summed E-state index contributed by atoms with van der Waals surface area (Å²) >= 11 is 6.45. The number of carbonyl (C=O) groups excluding carboxylic acids is 2. The zero-order valence-electron chi connectivity index (χ0n) is 17.9. The van der Waals surface area contributed by atoms with Gasteiger partial charge in [-0.1, -0.05) is 23.7 Å². The highest BCUT2D eigenvalue weighted by Gasteiger charge is 2.34. The van der Waals surface area contributed by atoms with E-state index in [9.17, 15) is 14.0 Å². The first-order valence-corrected chi connectivity index (χ1v) is 11.1.